The molecule has 0 spiro atoms. The van der Waals surface area contributed by atoms with E-state index in [2.05, 4.69) is 66.0 Å². The number of carbonyl (C=O) groups excluding carboxylic acids is 2. The fraction of sp³-hybridized carbons (Fsp3) is 0.211. The highest BCUT2D eigenvalue weighted by molar-refractivity contribution is 7.78. The Balaban J connectivity index is 0.000000205. The minimum atomic E-state index is -4.66. The Hall–Kier alpha value is -6.89. The van der Waals surface area contributed by atoms with Crippen LogP contribution in [0.15, 0.2) is 91.4 Å². The van der Waals surface area contributed by atoms with Crippen molar-refractivity contribution in [2.75, 3.05) is 22.9 Å². The SMILES string of the molecule is CCOC(=O)C(=O)NNc1nc(C)nc2ccccc12.Cc1ccc(C)c(OS(=O)NNc2ccnc(C(F)(F)F)n2)c1.Cc1ccc(OS(=O)NNc2ncc(C)cn2)cc1. The highest BCUT2D eigenvalue weighted by Gasteiger charge is 2.34. The lowest BCUT2D eigenvalue weighted by Crippen LogP contribution is -2.37. The summed E-state index contributed by atoms with van der Waals surface area (Å²) in [5.74, 6) is -1.11. The highest BCUT2D eigenvalue weighted by atomic mass is 32.2. The first-order chi connectivity index (χ1) is 29.5. The number of aromatic nitrogens is 6. The Kier molecular flexibility index (Phi) is 17.9. The molecule has 0 saturated carbocycles. The lowest BCUT2D eigenvalue weighted by Gasteiger charge is -2.11. The Morgan fingerprint density at radius 2 is 1.39 bits per heavy atom. The molecule has 6 N–H and O–H groups in total. The number of nitrogens with zero attached hydrogens (tertiary/aromatic N) is 6. The second kappa shape index (κ2) is 23.2. The third kappa shape index (κ3) is 15.9. The zero-order valence-corrected chi connectivity index (χ0v) is 35.5. The molecular formula is C38H41F3N12O7S2. The number of aryl methyl sites for hydroxylation is 5. The second-order valence-corrected chi connectivity index (χ2v) is 14.1. The fourth-order valence-corrected chi connectivity index (χ4v) is 5.53. The van der Waals surface area contributed by atoms with E-state index in [1.54, 1.807) is 57.4 Å². The van der Waals surface area contributed by atoms with Crippen molar-refractivity contribution in [3.8, 4) is 11.5 Å². The van der Waals surface area contributed by atoms with E-state index >= 15 is 0 Å². The van der Waals surface area contributed by atoms with Crippen LogP contribution in [0.1, 0.15) is 40.8 Å². The lowest BCUT2D eigenvalue weighted by molar-refractivity contribution is -0.154. The Bertz CT molecular complexity index is 2490. The van der Waals surface area contributed by atoms with E-state index < -0.39 is 46.4 Å². The van der Waals surface area contributed by atoms with Crippen molar-refractivity contribution < 1.29 is 44.3 Å². The molecule has 6 aromatic rings. The number of alkyl halides is 3. The molecule has 0 aliphatic heterocycles. The second-order valence-electron chi connectivity index (χ2n) is 12.5. The zero-order valence-electron chi connectivity index (χ0n) is 33.9. The summed E-state index contributed by atoms with van der Waals surface area (Å²) >= 11 is -3.75. The Morgan fingerprint density at radius 1 is 0.726 bits per heavy atom. The van der Waals surface area contributed by atoms with Gasteiger partial charge in [-0.3, -0.25) is 26.5 Å². The number of hydrazine groups is 3. The summed E-state index contributed by atoms with van der Waals surface area (Å²) in [7, 11) is 0. The lowest BCUT2D eigenvalue weighted by atomic mass is 10.1. The molecule has 0 saturated heterocycles. The third-order valence-electron chi connectivity index (χ3n) is 7.37. The first-order valence-electron chi connectivity index (χ1n) is 18.0. The van der Waals surface area contributed by atoms with E-state index in [0.29, 0.717) is 29.1 Å². The predicted molar refractivity (Wildman–Crippen MR) is 225 cm³/mol. The maximum atomic E-state index is 12.5. The monoisotopic (exact) mass is 898 g/mol. The summed E-state index contributed by atoms with van der Waals surface area (Å²) in [6, 6.07) is 21.1. The summed E-state index contributed by atoms with van der Waals surface area (Å²) in [4.78, 5) is 50.1. The highest BCUT2D eigenvalue weighted by Crippen LogP contribution is 2.26. The molecular weight excluding hydrogens is 858 g/mol. The van der Waals surface area contributed by atoms with Crippen molar-refractivity contribution >= 4 is 62.9 Å². The quantitative estimate of drug-likeness (QED) is 0.0489. The Labute approximate surface area is 358 Å². The molecule has 328 valence electrons. The van der Waals surface area contributed by atoms with Crippen LogP contribution in [0, 0.1) is 34.6 Å². The number of esters is 1. The third-order valence-corrected chi connectivity index (χ3v) is 8.58. The number of para-hydroxylation sites is 1. The molecule has 0 fully saturated rings. The molecule has 3 heterocycles. The van der Waals surface area contributed by atoms with Crippen molar-refractivity contribution in [3.05, 3.63) is 125 Å². The summed E-state index contributed by atoms with van der Waals surface area (Å²) in [5.41, 5.74) is 14.2. The van der Waals surface area contributed by atoms with E-state index in [4.69, 9.17) is 8.37 Å². The maximum Gasteiger partial charge on any atom is 0.451 e. The molecule has 2 atom stereocenters. The van der Waals surface area contributed by atoms with Crippen molar-refractivity contribution in [1.82, 2.24) is 45.0 Å². The fourth-order valence-electron chi connectivity index (χ4n) is 4.46. The number of fused-ring (bicyclic) bond motifs is 1. The van der Waals surface area contributed by atoms with Crippen molar-refractivity contribution in [2.45, 2.75) is 47.7 Å². The van der Waals surface area contributed by atoms with Crippen LogP contribution < -0.4 is 39.7 Å². The standard InChI is InChI=1S/C13H13F3N4O2S.C13H14N4O3.C12H14N4O2S/c1-8-3-4-9(2)10(7-8)22-23(21)20-19-11-5-6-17-12(18-11)13(14,15)16;1-3-20-13(19)12(18)17-16-11-9-6-4-5-7-10(9)14-8(2)15-11;1-9-3-5-11(6-4-9)18-19(17)16-15-12-13-7-10(2)8-14-12/h3-7,20H,1-2H3,(H,17,18,19);4-7H,3H2,1-2H3,(H,17,18)(H,14,15,16);3-8,16H,1-2H3,(H,13,14,15). The molecule has 19 nitrogen and oxygen atoms in total. The minimum absolute atomic E-state index is 0.141. The largest absolute Gasteiger partial charge is 0.459 e. The number of amides is 1. The van der Waals surface area contributed by atoms with Gasteiger partial charge in [0.15, 0.2) is 5.82 Å². The van der Waals surface area contributed by atoms with Gasteiger partial charge in [0, 0.05) is 30.0 Å². The van der Waals surface area contributed by atoms with Gasteiger partial charge in [-0.2, -0.15) is 21.6 Å². The van der Waals surface area contributed by atoms with Gasteiger partial charge in [-0.1, -0.05) is 42.0 Å². The molecule has 0 bridgehead atoms. The summed E-state index contributed by atoms with van der Waals surface area (Å²) in [6.07, 6.45) is -0.415. The van der Waals surface area contributed by atoms with E-state index in [9.17, 15) is 31.2 Å². The van der Waals surface area contributed by atoms with Crippen LogP contribution in [0.4, 0.5) is 30.8 Å². The molecule has 24 heteroatoms. The van der Waals surface area contributed by atoms with Crippen LogP contribution in [0.25, 0.3) is 10.9 Å². The van der Waals surface area contributed by atoms with Crippen LogP contribution in [0.5, 0.6) is 11.5 Å². The molecule has 6 rings (SSSR count). The molecule has 2 unspecified atom stereocenters. The molecule has 3 aromatic heterocycles. The first kappa shape index (κ1) is 47.8. The van der Waals surface area contributed by atoms with Crippen LogP contribution >= 0.6 is 0 Å². The number of benzene rings is 3. The normalized spacial score (nSPS) is 11.6. The van der Waals surface area contributed by atoms with E-state index in [0.717, 1.165) is 39.4 Å². The van der Waals surface area contributed by atoms with Crippen LogP contribution in [0.2, 0.25) is 0 Å². The number of halogens is 3. The maximum absolute atomic E-state index is 12.5. The van der Waals surface area contributed by atoms with Gasteiger partial charge in [0.25, 0.3) is 0 Å². The van der Waals surface area contributed by atoms with Gasteiger partial charge >= 0.3 is 40.6 Å². The number of carbonyl (C=O) groups is 2. The number of anilines is 3. The van der Waals surface area contributed by atoms with E-state index in [1.807, 2.05) is 63.2 Å². The molecule has 0 aliphatic rings. The summed E-state index contributed by atoms with van der Waals surface area (Å²) in [6.45, 7) is 11.0. The Morgan fingerprint density at radius 3 is 2.08 bits per heavy atom. The van der Waals surface area contributed by atoms with E-state index in [1.165, 1.54) is 6.07 Å². The van der Waals surface area contributed by atoms with Crippen LogP contribution in [-0.2, 0) is 43.0 Å². The number of rotatable bonds is 13. The van der Waals surface area contributed by atoms with Gasteiger partial charge in [-0.25, -0.2) is 34.7 Å². The predicted octanol–water partition coefficient (Wildman–Crippen LogP) is 5.30. The topological polar surface area (TPSA) is 245 Å². The molecule has 0 radical (unpaired) electrons. The number of hydrogen-bond donors (Lipinski definition) is 6. The van der Waals surface area contributed by atoms with Gasteiger partial charge in [0.1, 0.15) is 23.1 Å². The van der Waals surface area contributed by atoms with Crippen molar-refractivity contribution in [1.29, 1.82) is 0 Å². The average molecular weight is 899 g/mol. The summed E-state index contributed by atoms with van der Waals surface area (Å²) in [5, 5.41) is 0.738. The molecule has 3 aromatic carbocycles. The van der Waals surface area contributed by atoms with Gasteiger partial charge in [0.05, 0.1) is 12.1 Å². The number of hydrogen-bond acceptors (Lipinski definition) is 16. The minimum Gasteiger partial charge on any atom is -0.459 e. The summed E-state index contributed by atoms with van der Waals surface area (Å²) < 4.78 is 75.7. The molecule has 1 amide bonds. The van der Waals surface area contributed by atoms with Gasteiger partial charge in [0.2, 0.25) is 11.8 Å². The number of nitrogens with one attached hydrogen (secondary N) is 6. The zero-order chi connectivity index (χ0) is 45.2. The van der Waals surface area contributed by atoms with Crippen LogP contribution in [0.3, 0.4) is 0 Å². The van der Waals surface area contributed by atoms with Gasteiger partial charge in [-0.15, -0.1) is 9.66 Å². The van der Waals surface area contributed by atoms with Crippen molar-refractivity contribution in [2.24, 2.45) is 0 Å². The van der Waals surface area contributed by atoms with E-state index in [-0.39, 0.29) is 12.4 Å². The molecule has 0 aliphatic carbocycles. The van der Waals surface area contributed by atoms with Gasteiger partial charge in [-0.05, 0) is 88.6 Å². The number of ether oxygens (including phenoxy) is 1. The smallest absolute Gasteiger partial charge is 0.451 e. The van der Waals surface area contributed by atoms with Crippen LogP contribution in [-0.4, -0.2) is 56.8 Å². The van der Waals surface area contributed by atoms with Crippen molar-refractivity contribution in [3.63, 3.8) is 0 Å². The van der Waals surface area contributed by atoms with Gasteiger partial charge < -0.3 is 13.1 Å². The average Bonchev–Trinajstić information content (AvgIpc) is 3.24. The first-order valence-corrected chi connectivity index (χ1v) is 20.2. The molecule has 62 heavy (non-hydrogen) atoms.